The number of nitrogens with two attached hydrogens (primary N) is 1. The van der Waals surface area contributed by atoms with Crippen molar-refractivity contribution >= 4 is 15.5 Å². The lowest BCUT2D eigenvalue weighted by molar-refractivity contribution is 0.0826. The van der Waals surface area contributed by atoms with Crippen LogP contribution in [0.5, 0.6) is 0 Å². The molecule has 1 aromatic heterocycles. The Balaban J connectivity index is 3.03. The Morgan fingerprint density at radius 1 is 1.47 bits per heavy atom. The minimum atomic E-state index is -3.66. The molecule has 0 saturated heterocycles. The molecule has 0 bridgehead atoms. The van der Waals surface area contributed by atoms with E-state index >= 15 is 0 Å². The fraction of sp³-hybridized carbons (Fsp3) is 0.545. The zero-order chi connectivity index (χ0) is 13.3. The minimum absolute atomic E-state index is 0.105. The Kier molecular flexibility index (Phi) is 3.78. The lowest BCUT2D eigenvalue weighted by Gasteiger charge is -2.25. The Hall–Kier alpha value is -1.14. The van der Waals surface area contributed by atoms with Crippen LogP contribution < -0.4 is 5.73 Å². The second kappa shape index (κ2) is 4.62. The molecule has 1 unspecified atom stereocenters. The van der Waals surface area contributed by atoms with E-state index in [1.807, 2.05) is 0 Å². The van der Waals surface area contributed by atoms with Crippen LogP contribution in [-0.2, 0) is 9.84 Å². The van der Waals surface area contributed by atoms with Gasteiger partial charge in [-0.05, 0) is 17.5 Å². The number of hydrogen-bond acceptors (Lipinski definition) is 5. The Morgan fingerprint density at radius 3 is 2.53 bits per heavy atom. The smallest absolute Gasteiger partial charge is 0.200 e. The number of nitrogen functional groups attached to an aromatic ring is 1. The van der Waals surface area contributed by atoms with Crippen molar-refractivity contribution in [2.75, 3.05) is 11.5 Å². The molecule has 1 heterocycles. The molecule has 0 aliphatic heterocycles. The Labute approximate surface area is 102 Å². The number of rotatable bonds is 3. The molecule has 6 heteroatoms. The Morgan fingerprint density at radius 2 is 2.06 bits per heavy atom. The van der Waals surface area contributed by atoms with Gasteiger partial charge in [0.15, 0.2) is 14.9 Å². The van der Waals surface area contributed by atoms with Gasteiger partial charge < -0.3 is 10.8 Å². The van der Waals surface area contributed by atoms with E-state index in [0.717, 1.165) is 0 Å². The second-order valence-electron chi connectivity index (χ2n) is 5.06. The van der Waals surface area contributed by atoms with Crippen LogP contribution in [0.25, 0.3) is 0 Å². The van der Waals surface area contributed by atoms with E-state index in [1.54, 1.807) is 26.8 Å². The summed E-state index contributed by atoms with van der Waals surface area (Å²) in [6, 6.07) is 3.04. The van der Waals surface area contributed by atoms with E-state index in [-0.39, 0.29) is 16.5 Å². The number of aliphatic hydroxyl groups is 1. The fourth-order valence-electron chi connectivity index (χ4n) is 1.20. The molecule has 0 aliphatic carbocycles. The summed E-state index contributed by atoms with van der Waals surface area (Å²) in [7, 11) is -3.66. The number of sulfone groups is 1. The molecule has 0 fully saturated rings. The highest BCUT2D eigenvalue weighted by Gasteiger charge is 2.30. The minimum Gasteiger partial charge on any atom is -0.396 e. The SMILES string of the molecule is CC(C)(C)C(O)CS(=O)(=O)c1ncccc1N. The molecule has 5 nitrogen and oxygen atoms in total. The molecule has 96 valence electrons. The number of pyridine rings is 1. The highest BCUT2D eigenvalue weighted by molar-refractivity contribution is 7.91. The molecule has 0 saturated carbocycles. The van der Waals surface area contributed by atoms with E-state index in [9.17, 15) is 13.5 Å². The first-order valence-corrected chi connectivity index (χ1v) is 6.91. The van der Waals surface area contributed by atoms with Gasteiger partial charge in [-0.2, -0.15) is 0 Å². The third-order valence-electron chi connectivity index (χ3n) is 2.47. The van der Waals surface area contributed by atoms with E-state index < -0.39 is 21.4 Å². The first kappa shape index (κ1) is 13.9. The molecular weight excluding hydrogens is 240 g/mol. The van der Waals surface area contributed by atoms with Crippen molar-refractivity contribution in [1.29, 1.82) is 0 Å². The highest BCUT2D eigenvalue weighted by Crippen LogP contribution is 2.24. The average molecular weight is 258 g/mol. The third kappa shape index (κ3) is 3.41. The molecule has 3 N–H and O–H groups in total. The standard InChI is InChI=1S/C11H18N2O3S/c1-11(2,3)9(14)7-17(15,16)10-8(12)5-4-6-13-10/h4-6,9,14H,7,12H2,1-3H3. The van der Waals surface area contributed by atoms with Crippen LogP contribution in [0.4, 0.5) is 5.69 Å². The van der Waals surface area contributed by atoms with Crippen LogP contribution in [0, 0.1) is 5.41 Å². The maximum atomic E-state index is 12.0. The van der Waals surface area contributed by atoms with E-state index in [4.69, 9.17) is 5.73 Å². The molecular formula is C11H18N2O3S. The molecule has 17 heavy (non-hydrogen) atoms. The zero-order valence-corrected chi connectivity index (χ0v) is 11.0. The Bertz CT molecular complexity index is 492. The van der Waals surface area contributed by atoms with E-state index in [1.165, 1.54) is 12.3 Å². The zero-order valence-electron chi connectivity index (χ0n) is 10.2. The van der Waals surface area contributed by atoms with Gasteiger partial charge in [-0.3, -0.25) is 0 Å². The molecule has 1 rings (SSSR count). The summed E-state index contributed by atoms with van der Waals surface area (Å²) in [5, 5.41) is 9.66. The van der Waals surface area contributed by atoms with Crippen molar-refractivity contribution in [3.05, 3.63) is 18.3 Å². The maximum Gasteiger partial charge on any atom is 0.200 e. The number of aliphatic hydroxyl groups excluding tert-OH is 1. The molecule has 1 atom stereocenters. The lowest BCUT2D eigenvalue weighted by Crippen LogP contribution is -2.33. The van der Waals surface area contributed by atoms with Gasteiger partial charge in [-0.1, -0.05) is 20.8 Å². The van der Waals surface area contributed by atoms with Crippen LogP contribution in [0.2, 0.25) is 0 Å². The van der Waals surface area contributed by atoms with Crippen molar-refractivity contribution < 1.29 is 13.5 Å². The molecule has 0 aliphatic rings. The van der Waals surface area contributed by atoms with Gasteiger partial charge in [-0.15, -0.1) is 0 Å². The molecule has 0 spiro atoms. The third-order valence-corrected chi connectivity index (χ3v) is 4.16. The van der Waals surface area contributed by atoms with Crippen molar-refractivity contribution in [2.45, 2.75) is 31.9 Å². The van der Waals surface area contributed by atoms with Crippen LogP contribution in [-0.4, -0.2) is 30.4 Å². The first-order valence-electron chi connectivity index (χ1n) is 5.26. The second-order valence-corrected chi connectivity index (χ2v) is 7.01. The predicted molar refractivity (Wildman–Crippen MR) is 66.2 cm³/mol. The van der Waals surface area contributed by atoms with Crippen LogP contribution in [0.3, 0.4) is 0 Å². The van der Waals surface area contributed by atoms with E-state index in [0.29, 0.717) is 0 Å². The van der Waals surface area contributed by atoms with Gasteiger partial charge in [0.05, 0.1) is 17.5 Å². The fourth-order valence-corrected chi connectivity index (χ4v) is 2.92. The van der Waals surface area contributed by atoms with Gasteiger partial charge >= 0.3 is 0 Å². The van der Waals surface area contributed by atoms with Gasteiger partial charge in [0.2, 0.25) is 0 Å². The summed E-state index contributed by atoms with van der Waals surface area (Å²) < 4.78 is 24.0. The number of nitrogens with zero attached hydrogens (tertiary/aromatic N) is 1. The summed E-state index contributed by atoms with van der Waals surface area (Å²) in [6.45, 7) is 5.32. The van der Waals surface area contributed by atoms with Crippen LogP contribution in [0.15, 0.2) is 23.4 Å². The highest BCUT2D eigenvalue weighted by atomic mass is 32.2. The topological polar surface area (TPSA) is 93.3 Å². The van der Waals surface area contributed by atoms with Crippen molar-refractivity contribution in [3.8, 4) is 0 Å². The number of aromatic nitrogens is 1. The van der Waals surface area contributed by atoms with E-state index in [2.05, 4.69) is 4.98 Å². The largest absolute Gasteiger partial charge is 0.396 e. The van der Waals surface area contributed by atoms with Gasteiger partial charge in [0.25, 0.3) is 0 Å². The van der Waals surface area contributed by atoms with Gasteiger partial charge in [-0.25, -0.2) is 13.4 Å². The molecule has 0 radical (unpaired) electrons. The number of hydrogen-bond donors (Lipinski definition) is 2. The molecule has 0 amide bonds. The lowest BCUT2D eigenvalue weighted by atomic mass is 9.90. The summed E-state index contributed by atoms with van der Waals surface area (Å²) in [4.78, 5) is 3.76. The summed E-state index contributed by atoms with van der Waals surface area (Å²) >= 11 is 0. The summed E-state index contributed by atoms with van der Waals surface area (Å²) in [6.07, 6.45) is 0.404. The maximum absolute atomic E-state index is 12.0. The van der Waals surface area contributed by atoms with Gasteiger partial charge in [0, 0.05) is 6.20 Å². The summed E-state index contributed by atoms with van der Waals surface area (Å²) in [5.74, 6) is -0.377. The van der Waals surface area contributed by atoms with Crippen molar-refractivity contribution in [1.82, 2.24) is 4.98 Å². The molecule has 0 aromatic carbocycles. The average Bonchev–Trinajstić information content (AvgIpc) is 2.15. The monoisotopic (exact) mass is 258 g/mol. The molecule has 1 aromatic rings. The predicted octanol–water partition coefficient (Wildman–Crippen LogP) is 0.845. The van der Waals surface area contributed by atoms with Crippen molar-refractivity contribution in [2.24, 2.45) is 5.41 Å². The normalized spacial score (nSPS) is 14.6. The van der Waals surface area contributed by atoms with Crippen LogP contribution >= 0.6 is 0 Å². The van der Waals surface area contributed by atoms with Crippen molar-refractivity contribution in [3.63, 3.8) is 0 Å². The summed E-state index contributed by atoms with van der Waals surface area (Å²) in [5.41, 5.74) is 5.17. The first-order chi connectivity index (χ1) is 7.64. The quantitative estimate of drug-likeness (QED) is 0.838. The van der Waals surface area contributed by atoms with Gasteiger partial charge in [0.1, 0.15) is 0 Å². The number of anilines is 1. The van der Waals surface area contributed by atoms with Crippen LogP contribution in [0.1, 0.15) is 20.8 Å².